The molecule has 0 amide bonds. The van der Waals surface area contributed by atoms with Gasteiger partial charge >= 0.3 is 19.8 Å². The zero-order valence-corrected chi connectivity index (χ0v) is 33.0. The van der Waals surface area contributed by atoms with E-state index in [0.29, 0.717) is 6.42 Å². The molecule has 0 bridgehead atoms. The second-order valence-electron chi connectivity index (χ2n) is 12.9. The number of esters is 2. The Kier molecular flexibility index (Phi) is 35.8. The summed E-state index contributed by atoms with van der Waals surface area (Å²) < 4.78 is 32.4. The van der Waals surface area contributed by atoms with E-state index < -0.39 is 32.5 Å². The molecule has 0 aromatic heterocycles. The predicted molar refractivity (Wildman–Crippen MR) is 210 cm³/mol. The number of rotatable bonds is 36. The number of allylic oxidation sites excluding steroid dienone is 9. The molecule has 51 heavy (non-hydrogen) atoms. The molecule has 294 valence electrons. The first-order valence-corrected chi connectivity index (χ1v) is 21.3. The van der Waals surface area contributed by atoms with Gasteiger partial charge < -0.3 is 20.1 Å². The highest BCUT2D eigenvalue weighted by molar-refractivity contribution is 7.47. The molecule has 0 fully saturated rings. The van der Waals surface area contributed by atoms with Crippen LogP contribution in [0.4, 0.5) is 0 Å². The zero-order chi connectivity index (χ0) is 37.5. The van der Waals surface area contributed by atoms with Gasteiger partial charge in [0.25, 0.3) is 0 Å². The first-order valence-electron chi connectivity index (χ1n) is 19.8. The Morgan fingerprint density at radius 3 is 1.76 bits per heavy atom. The van der Waals surface area contributed by atoms with Gasteiger partial charge in [-0.05, 0) is 57.8 Å². The molecule has 0 heterocycles. The highest BCUT2D eigenvalue weighted by Crippen LogP contribution is 2.43. The van der Waals surface area contributed by atoms with Crippen LogP contribution in [-0.4, -0.2) is 49.3 Å². The second kappa shape index (κ2) is 37.5. The predicted octanol–water partition coefficient (Wildman–Crippen LogP) is 10.9. The van der Waals surface area contributed by atoms with E-state index in [4.69, 9.17) is 24.3 Å². The van der Waals surface area contributed by atoms with Crippen LogP contribution in [0.3, 0.4) is 0 Å². The summed E-state index contributed by atoms with van der Waals surface area (Å²) in [5.41, 5.74) is 5.32. The molecule has 10 heteroatoms. The van der Waals surface area contributed by atoms with Gasteiger partial charge in [0.05, 0.1) is 13.2 Å². The van der Waals surface area contributed by atoms with E-state index in [1.807, 2.05) is 12.2 Å². The number of hydrogen-bond donors (Lipinski definition) is 2. The van der Waals surface area contributed by atoms with Gasteiger partial charge in [-0.15, -0.1) is 0 Å². The quantitative estimate of drug-likeness (QED) is 0.0161. The molecule has 0 radical (unpaired) electrons. The Hall–Kier alpha value is -2.29. The summed E-state index contributed by atoms with van der Waals surface area (Å²) >= 11 is 0. The van der Waals surface area contributed by atoms with Crippen molar-refractivity contribution in [2.45, 2.75) is 161 Å². The number of unbranched alkanes of at least 4 members (excludes halogenated alkanes) is 16. The molecule has 0 spiro atoms. The summed E-state index contributed by atoms with van der Waals surface area (Å²) in [5.74, 6) is -1.13. The number of carbonyl (C=O) groups is 2. The Morgan fingerprint density at radius 2 is 1.16 bits per heavy atom. The van der Waals surface area contributed by atoms with Crippen LogP contribution in [0.25, 0.3) is 0 Å². The van der Waals surface area contributed by atoms with E-state index in [2.05, 4.69) is 50.3 Å². The molecule has 0 saturated carbocycles. The van der Waals surface area contributed by atoms with Gasteiger partial charge in [-0.2, -0.15) is 0 Å². The highest BCUT2D eigenvalue weighted by atomic mass is 31.2. The van der Waals surface area contributed by atoms with Crippen LogP contribution < -0.4 is 5.73 Å². The number of hydrogen-bond acceptors (Lipinski definition) is 8. The molecular weight excluding hydrogens is 665 g/mol. The first-order chi connectivity index (χ1) is 24.8. The molecule has 0 rings (SSSR count). The lowest BCUT2D eigenvalue weighted by atomic mass is 10.1. The Bertz CT molecular complexity index is 1020. The minimum absolute atomic E-state index is 0.0345. The molecule has 0 aliphatic carbocycles. The van der Waals surface area contributed by atoms with Gasteiger partial charge in [-0.3, -0.25) is 13.8 Å². The van der Waals surface area contributed by atoms with E-state index in [1.165, 1.54) is 89.5 Å². The van der Waals surface area contributed by atoms with Gasteiger partial charge in [0, 0.05) is 19.0 Å². The fraction of sp³-hybridized carbons (Fsp3) is 0.707. The van der Waals surface area contributed by atoms with Crippen molar-refractivity contribution in [3.63, 3.8) is 0 Å². The topological polar surface area (TPSA) is 134 Å². The smallest absolute Gasteiger partial charge is 0.458 e. The third-order valence-electron chi connectivity index (χ3n) is 7.98. The van der Waals surface area contributed by atoms with Gasteiger partial charge in [-0.25, -0.2) is 9.36 Å². The summed E-state index contributed by atoms with van der Waals surface area (Å²) in [6.45, 7) is 3.51. The van der Waals surface area contributed by atoms with E-state index in [-0.39, 0.29) is 26.2 Å². The third kappa shape index (κ3) is 37.3. The normalized spacial score (nSPS) is 14.0. The fourth-order valence-electron chi connectivity index (χ4n) is 5.02. The van der Waals surface area contributed by atoms with E-state index >= 15 is 0 Å². The van der Waals surface area contributed by atoms with Gasteiger partial charge in [0.15, 0.2) is 6.10 Å². The van der Waals surface area contributed by atoms with Gasteiger partial charge in [-0.1, -0.05) is 146 Å². The molecule has 3 N–H and O–H groups in total. The van der Waals surface area contributed by atoms with Crippen LogP contribution in [0.15, 0.2) is 60.8 Å². The molecule has 0 aromatic carbocycles. The molecular formula is C41H72NO8P. The minimum atomic E-state index is -4.40. The maximum atomic E-state index is 12.5. The minimum Gasteiger partial charge on any atom is -0.458 e. The lowest BCUT2D eigenvalue weighted by molar-refractivity contribution is -0.159. The number of phosphoric ester groups is 1. The maximum absolute atomic E-state index is 12.5. The molecule has 2 atom stereocenters. The van der Waals surface area contributed by atoms with Gasteiger partial charge in [0.1, 0.15) is 6.61 Å². The number of phosphoric acid groups is 1. The lowest BCUT2D eigenvalue weighted by Crippen LogP contribution is -2.29. The molecule has 0 aromatic rings. The summed E-state index contributed by atoms with van der Waals surface area (Å²) in [6.07, 6.45) is 43.1. The van der Waals surface area contributed by atoms with E-state index in [9.17, 15) is 19.0 Å². The second-order valence-corrected chi connectivity index (χ2v) is 14.3. The average molecular weight is 738 g/mol. The average Bonchev–Trinajstić information content (AvgIpc) is 3.11. The summed E-state index contributed by atoms with van der Waals surface area (Å²) in [6, 6.07) is 0. The number of nitrogens with two attached hydrogens (primary N) is 1. The number of carbonyl (C=O) groups excluding carboxylic acids is 2. The summed E-state index contributed by atoms with van der Waals surface area (Å²) in [7, 11) is -4.40. The molecule has 0 saturated heterocycles. The van der Waals surface area contributed by atoms with E-state index in [1.54, 1.807) is 6.08 Å². The van der Waals surface area contributed by atoms with Crippen molar-refractivity contribution in [2.75, 3.05) is 26.4 Å². The Labute approximate surface area is 310 Å². The zero-order valence-electron chi connectivity index (χ0n) is 32.1. The van der Waals surface area contributed by atoms with Crippen molar-refractivity contribution in [3.05, 3.63) is 60.8 Å². The molecule has 0 aliphatic rings. The van der Waals surface area contributed by atoms with Crippen molar-refractivity contribution in [1.29, 1.82) is 0 Å². The Balaban J connectivity index is 4.39. The molecule has 0 aliphatic heterocycles. The van der Waals surface area contributed by atoms with Crippen molar-refractivity contribution < 1.29 is 37.6 Å². The van der Waals surface area contributed by atoms with Crippen LogP contribution in [-0.2, 0) is 32.7 Å². The van der Waals surface area contributed by atoms with Crippen molar-refractivity contribution in [1.82, 2.24) is 0 Å². The van der Waals surface area contributed by atoms with Crippen LogP contribution >= 0.6 is 7.82 Å². The maximum Gasteiger partial charge on any atom is 0.472 e. The number of ether oxygens (including phenoxy) is 2. The standard InChI is InChI=1S/C41H72NO8P/c1-3-5-7-9-11-13-15-17-19-21-23-25-27-29-31-33-40(43)47-37-39(38-49-51(45,46)48-36-35-42)50-41(44)34-32-30-28-26-24-22-20-18-16-14-12-10-8-6-4-2/h12,14,18,20,24,26-27,29,31,33,39H,3-11,13,15-17,19,21-23,25,28,30,32,34-38,42H2,1-2H3,(H,45,46)/b14-12+,20-18+,26-24+,29-27+,33-31+/t39-/m1/s1. The molecule has 9 nitrogen and oxygen atoms in total. The largest absolute Gasteiger partial charge is 0.472 e. The third-order valence-corrected chi connectivity index (χ3v) is 8.96. The van der Waals surface area contributed by atoms with Crippen LogP contribution in [0.5, 0.6) is 0 Å². The van der Waals surface area contributed by atoms with Crippen LogP contribution in [0, 0.1) is 0 Å². The SMILES string of the molecule is CCCCC/C=C/C/C=C/C/C=C/CCCCC(=O)O[C@H](COC(=O)/C=C/C=C/CCCCCCCCCCCCC)COP(=O)(O)OCCN. The first kappa shape index (κ1) is 48.7. The van der Waals surface area contributed by atoms with Crippen molar-refractivity contribution in [3.8, 4) is 0 Å². The summed E-state index contributed by atoms with van der Waals surface area (Å²) in [5, 5.41) is 0. The van der Waals surface area contributed by atoms with Crippen LogP contribution in [0.1, 0.15) is 155 Å². The highest BCUT2D eigenvalue weighted by Gasteiger charge is 2.25. The lowest BCUT2D eigenvalue weighted by Gasteiger charge is -2.19. The summed E-state index contributed by atoms with van der Waals surface area (Å²) in [4.78, 5) is 34.6. The van der Waals surface area contributed by atoms with E-state index in [0.717, 1.165) is 44.9 Å². The van der Waals surface area contributed by atoms with Gasteiger partial charge in [0.2, 0.25) is 0 Å². The van der Waals surface area contributed by atoms with Crippen molar-refractivity contribution >= 4 is 19.8 Å². The Morgan fingerprint density at radius 1 is 0.647 bits per heavy atom. The van der Waals surface area contributed by atoms with Crippen LogP contribution in [0.2, 0.25) is 0 Å². The molecule has 1 unspecified atom stereocenters. The monoisotopic (exact) mass is 737 g/mol. The fourth-order valence-corrected chi connectivity index (χ4v) is 5.79. The van der Waals surface area contributed by atoms with Crippen molar-refractivity contribution in [2.24, 2.45) is 5.73 Å².